The van der Waals surface area contributed by atoms with Crippen LogP contribution in [0, 0.1) is 0 Å². The second-order valence-electron chi connectivity index (χ2n) is 7.98. The molecule has 1 aromatic rings. The van der Waals surface area contributed by atoms with E-state index in [0.717, 1.165) is 37.2 Å². The van der Waals surface area contributed by atoms with Gasteiger partial charge in [-0.1, -0.05) is 0 Å². The lowest BCUT2D eigenvalue weighted by atomic mass is 9.73. The molecule has 0 atom stereocenters. The molecule has 0 bridgehead atoms. The van der Waals surface area contributed by atoms with Gasteiger partial charge < -0.3 is 9.80 Å². The van der Waals surface area contributed by atoms with Crippen LogP contribution in [0.4, 0.5) is 5.69 Å². The Labute approximate surface area is 166 Å². The van der Waals surface area contributed by atoms with E-state index in [9.17, 15) is 18.0 Å². The molecule has 3 aliphatic rings. The van der Waals surface area contributed by atoms with Crippen molar-refractivity contribution in [1.82, 2.24) is 9.21 Å². The Morgan fingerprint density at radius 2 is 1.75 bits per heavy atom. The van der Waals surface area contributed by atoms with Gasteiger partial charge in [0.1, 0.15) is 0 Å². The number of amides is 2. The largest absolute Gasteiger partial charge is 0.339 e. The number of sulfonamides is 1. The van der Waals surface area contributed by atoms with E-state index in [1.165, 1.54) is 4.31 Å². The number of piperidine rings is 1. The van der Waals surface area contributed by atoms with Crippen LogP contribution in [0.1, 0.15) is 48.5 Å². The molecular formula is C20H27N3O4S. The molecule has 4 rings (SSSR count). The van der Waals surface area contributed by atoms with E-state index in [-0.39, 0.29) is 17.6 Å². The zero-order chi connectivity index (χ0) is 20.1. The maximum Gasteiger partial charge on any atom is 0.253 e. The van der Waals surface area contributed by atoms with E-state index in [0.29, 0.717) is 31.5 Å². The summed E-state index contributed by atoms with van der Waals surface area (Å²) in [6.07, 6.45) is 2.96. The second-order valence-corrected chi connectivity index (χ2v) is 10.2. The minimum Gasteiger partial charge on any atom is -0.339 e. The monoisotopic (exact) mass is 405 g/mol. The summed E-state index contributed by atoms with van der Waals surface area (Å²) in [5, 5.41) is 0. The lowest BCUT2D eigenvalue weighted by Crippen LogP contribution is -2.49. The number of benzene rings is 1. The average Bonchev–Trinajstić information content (AvgIpc) is 3.31. The predicted molar refractivity (Wildman–Crippen MR) is 107 cm³/mol. The maximum atomic E-state index is 13.2. The Hall–Kier alpha value is -1.93. The van der Waals surface area contributed by atoms with Gasteiger partial charge in [-0.2, -0.15) is 0 Å². The number of anilines is 1. The highest BCUT2D eigenvalue weighted by molar-refractivity contribution is 7.89. The zero-order valence-corrected chi connectivity index (χ0v) is 17.3. The summed E-state index contributed by atoms with van der Waals surface area (Å²) in [5.74, 6) is 0.0871. The smallest absolute Gasteiger partial charge is 0.253 e. The molecule has 8 heteroatoms. The van der Waals surface area contributed by atoms with Crippen molar-refractivity contribution in [1.29, 1.82) is 0 Å². The van der Waals surface area contributed by atoms with Gasteiger partial charge in [0.25, 0.3) is 5.91 Å². The highest BCUT2D eigenvalue weighted by Gasteiger charge is 2.52. The average molecular weight is 406 g/mol. The molecule has 2 saturated heterocycles. The first-order valence-corrected chi connectivity index (χ1v) is 11.6. The van der Waals surface area contributed by atoms with Crippen LogP contribution in [-0.2, 0) is 20.2 Å². The molecule has 1 spiro atoms. The first kappa shape index (κ1) is 19.4. The van der Waals surface area contributed by atoms with Gasteiger partial charge in [-0.15, -0.1) is 0 Å². The number of rotatable bonds is 3. The summed E-state index contributed by atoms with van der Waals surface area (Å²) >= 11 is 0. The second kappa shape index (κ2) is 6.84. The summed E-state index contributed by atoms with van der Waals surface area (Å²) < 4.78 is 25.9. The number of nitrogens with zero attached hydrogens (tertiary/aromatic N) is 3. The van der Waals surface area contributed by atoms with Crippen molar-refractivity contribution >= 4 is 27.5 Å². The van der Waals surface area contributed by atoms with Crippen LogP contribution in [0.2, 0.25) is 0 Å². The molecule has 0 N–H and O–H groups in total. The van der Waals surface area contributed by atoms with Crippen LogP contribution in [0.5, 0.6) is 0 Å². The Balaban J connectivity index is 1.67. The zero-order valence-electron chi connectivity index (χ0n) is 16.5. The number of hydrogen-bond acceptors (Lipinski definition) is 4. The van der Waals surface area contributed by atoms with E-state index in [2.05, 4.69) is 0 Å². The summed E-state index contributed by atoms with van der Waals surface area (Å²) in [4.78, 5) is 29.5. The van der Waals surface area contributed by atoms with Crippen LogP contribution in [0.15, 0.2) is 18.2 Å². The molecule has 0 aliphatic carbocycles. The van der Waals surface area contributed by atoms with Gasteiger partial charge in [-0.05, 0) is 56.4 Å². The molecule has 2 fully saturated rings. The summed E-state index contributed by atoms with van der Waals surface area (Å²) in [6.45, 7) is 3.87. The van der Waals surface area contributed by atoms with E-state index >= 15 is 0 Å². The summed E-state index contributed by atoms with van der Waals surface area (Å²) in [6, 6.07) is 5.54. The fourth-order valence-electron chi connectivity index (χ4n) is 4.81. The topological polar surface area (TPSA) is 78.0 Å². The van der Waals surface area contributed by atoms with Crippen molar-refractivity contribution in [2.75, 3.05) is 43.9 Å². The fraction of sp³-hybridized carbons (Fsp3) is 0.600. The molecule has 0 aromatic heterocycles. The minimum atomic E-state index is -3.26. The minimum absolute atomic E-state index is 0.00168. The molecule has 0 unspecified atom stereocenters. The van der Waals surface area contributed by atoms with Crippen molar-refractivity contribution in [2.45, 2.75) is 38.0 Å². The lowest BCUT2D eigenvalue weighted by molar-refractivity contribution is -0.124. The molecule has 152 valence electrons. The van der Waals surface area contributed by atoms with Crippen molar-refractivity contribution in [3.63, 3.8) is 0 Å². The number of likely N-dealkylation sites (N-methyl/N-ethyl adjacent to an activating group) is 1. The maximum absolute atomic E-state index is 13.2. The van der Waals surface area contributed by atoms with Crippen LogP contribution >= 0.6 is 0 Å². The first-order chi connectivity index (χ1) is 13.3. The van der Waals surface area contributed by atoms with E-state index in [1.807, 2.05) is 17.0 Å². The molecular weight excluding hydrogens is 378 g/mol. The van der Waals surface area contributed by atoms with Crippen LogP contribution in [0.3, 0.4) is 0 Å². The number of carbonyl (C=O) groups excluding carboxylic acids is 2. The Bertz CT molecular complexity index is 913. The van der Waals surface area contributed by atoms with Gasteiger partial charge >= 0.3 is 0 Å². The highest BCUT2D eigenvalue weighted by atomic mass is 32.2. The van der Waals surface area contributed by atoms with Gasteiger partial charge in [-0.3, -0.25) is 9.59 Å². The third kappa shape index (κ3) is 2.85. The number of carbonyl (C=O) groups is 2. The van der Waals surface area contributed by atoms with Gasteiger partial charge in [-0.25, -0.2) is 12.7 Å². The predicted octanol–water partition coefficient (Wildman–Crippen LogP) is 1.58. The van der Waals surface area contributed by atoms with Crippen molar-refractivity contribution in [3.05, 3.63) is 29.3 Å². The van der Waals surface area contributed by atoms with Crippen molar-refractivity contribution in [3.8, 4) is 0 Å². The molecule has 28 heavy (non-hydrogen) atoms. The van der Waals surface area contributed by atoms with E-state index in [4.69, 9.17) is 0 Å². The molecule has 1 aromatic carbocycles. The molecule has 0 radical (unpaired) electrons. The summed E-state index contributed by atoms with van der Waals surface area (Å²) in [7, 11) is -1.50. The van der Waals surface area contributed by atoms with Crippen LogP contribution in [0.25, 0.3) is 0 Å². The standard InChI is InChI=1S/C20H27N3O4S/c1-3-28(26,27)23-12-8-20(9-13-23)16-14-15(18(24)22-10-4-5-11-22)6-7-17(16)21(2)19(20)25/h6-7,14H,3-5,8-13H2,1-2H3. The van der Waals surface area contributed by atoms with Crippen LogP contribution in [-0.4, -0.2) is 68.4 Å². The number of fused-ring (bicyclic) bond motifs is 2. The summed E-state index contributed by atoms with van der Waals surface area (Å²) in [5.41, 5.74) is 1.59. The highest BCUT2D eigenvalue weighted by Crippen LogP contribution is 2.48. The van der Waals surface area contributed by atoms with Gasteiger partial charge in [0.15, 0.2) is 0 Å². The van der Waals surface area contributed by atoms with Gasteiger partial charge in [0, 0.05) is 44.5 Å². The van der Waals surface area contributed by atoms with Crippen molar-refractivity contribution in [2.24, 2.45) is 0 Å². The SMILES string of the molecule is CCS(=O)(=O)N1CCC2(CC1)C(=O)N(C)c1ccc(C(=O)N3CCCC3)cc12. The first-order valence-electron chi connectivity index (χ1n) is 10.00. The third-order valence-electron chi connectivity index (χ3n) is 6.56. The van der Waals surface area contributed by atoms with E-state index in [1.54, 1.807) is 24.9 Å². The normalized spacial score (nSPS) is 22.1. The third-order valence-corrected chi connectivity index (χ3v) is 8.44. The number of hydrogen-bond donors (Lipinski definition) is 0. The fourth-order valence-corrected chi connectivity index (χ4v) is 5.91. The Morgan fingerprint density at radius 1 is 1.11 bits per heavy atom. The molecule has 2 amide bonds. The Morgan fingerprint density at radius 3 is 2.36 bits per heavy atom. The molecule has 3 heterocycles. The molecule has 7 nitrogen and oxygen atoms in total. The quantitative estimate of drug-likeness (QED) is 0.765. The van der Waals surface area contributed by atoms with Crippen LogP contribution < -0.4 is 4.90 Å². The Kier molecular flexibility index (Phi) is 4.74. The van der Waals surface area contributed by atoms with Gasteiger partial charge in [0.05, 0.1) is 11.2 Å². The van der Waals surface area contributed by atoms with Gasteiger partial charge in [0.2, 0.25) is 15.9 Å². The number of likely N-dealkylation sites (tertiary alicyclic amines) is 1. The van der Waals surface area contributed by atoms with E-state index < -0.39 is 15.4 Å². The molecule has 3 aliphatic heterocycles. The lowest BCUT2D eigenvalue weighted by Gasteiger charge is -2.37. The van der Waals surface area contributed by atoms with Crippen molar-refractivity contribution < 1.29 is 18.0 Å². The molecule has 0 saturated carbocycles.